The molecule has 0 bridgehead atoms. The first-order chi connectivity index (χ1) is 14.5. The zero-order valence-corrected chi connectivity index (χ0v) is 19.2. The first-order valence-corrected chi connectivity index (χ1v) is 10.8. The van der Waals surface area contributed by atoms with Crippen LogP contribution in [0.3, 0.4) is 0 Å². The van der Waals surface area contributed by atoms with Crippen molar-refractivity contribution < 1.29 is 19.2 Å². The predicted octanol–water partition coefficient (Wildman–Crippen LogP) is 3.94. The normalized spacial score (nSPS) is 14.1. The number of ether oxygens (including phenoxy) is 1. The molecular weight excluding hydrogens is 520 g/mol. The van der Waals surface area contributed by atoms with Gasteiger partial charge in [0.2, 0.25) is 5.82 Å². The minimum absolute atomic E-state index is 0.0592. The van der Waals surface area contributed by atoms with Crippen molar-refractivity contribution in [2.45, 2.75) is 0 Å². The molecule has 10 heteroatoms. The number of phenols is 1. The van der Waals surface area contributed by atoms with E-state index in [1.54, 1.807) is 24.1 Å². The van der Waals surface area contributed by atoms with Crippen LogP contribution in [0.25, 0.3) is 11.4 Å². The summed E-state index contributed by atoms with van der Waals surface area (Å²) in [6.07, 6.45) is 0. The van der Waals surface area contributed by atoms with Crippen molar-refractivity contribution in [1.29, 1.82) is 0 Å². The topological polar surface area (TPSA) is 91.9 Å². The number of phenolic OH excluding ortho intramolecular Hbond substituents is 1. The summed E-state index contributed by atoms with van der Waals surface area (Å²) in [5.74, 6) is 0.797. The summed E-state index contributed by atoms with van der Waals surface area (Å²) in [5.41, 5.74) is 1.62. The van der Waals surface area contributed by atoms with Crippen molar-refractivity contribution in [2.24, 2.45) is 0 Å². The van der Waals surface area contributed by atoms with E-state index < -0.39 is 0 Å². The molecule has 8 nitrogen and oxygen atoms in total. The van der Waals surface area contributed by atoms with Gasteiger partial charge in [0.1, 0.15) is 11.5 Å². The van der Waals surface area contributed by atoms with E-state index in [0.717, 1.165) is 11.4 Å². The molecule has 0 atom stereocenters. The van der Waals surface area contributed by atoms with Crippen LogP contribution in [0.1, 0.15) is 10.7 Å². The molecule has 2 heterocycles. The van der Waals surface area contributed by atoms with Gasteiger partial charge in [0.15, 0.2) is 0 Å². The average molecular weight is 538 g/mol. The minimum atomic E-state index is -0.301. The molecule has 156 valence electrons. The third kappa shape index (κ3) is 4.01. The summed E-state index contributed by atoms with van der Waals surface area (Å²) in [7, 11) is 1.65. The Kier molecular flexibility index (Phi) is 5.96. The Balaban J connectivity index is 1.45. The third-order valence-corrected chi connectivity index (χ3v) is 6.09. The van der Waals surface area contributed by atoms with Crippen molar-refractivity contribution in [1.82, 2.24) is 15.0 Å². The molecule has 0 spiro atoms. The van der Waals surface area contributed by atoms with Crippen LogP contribution in [-0.2, 0) is 0 Å². The number of anilines is 1. The predicted molar refractivity (Wildman–Crippen MR) is 118 cm³/mol. The second kappa shape index (κ2) is 8.65. The van der Waals surface area contributed by atoms with Gasteiger partial charge in [-0.2, -0.15) is 4.98 Å². The molecule has 1 amide bonds. The monoisotopic (exact) mass is 536 g/mol. The average Bonchev–Trinajstić information content (AvgIpc) is 3.27. The van der Waals surface area contributed by atoms with Crippen LogP contribution in [0.2, 0.25) is 0 Å². The summed E-state index contributed by atoms with van der Waals surface area (Å²) in [4.78, 5) is 21.0. The van der Waals surface area contributed by atoms with Crippen molar-refractivity contribution in [3.05, 3.63) is 51.2 Å². The molecule has 4 rings (SSSR count). The van der Waals surface area contributed by atoms with Gasteiger partial charge in [-0.05, 0) is 56.1 Å². The first-order valence-electron chi connectivity index (χ1n) is 9.17. The number of benzene rings is 2. The SMILES string of the molecule is COc1ccccc1N1CCN(C(=O)c2nc(-c3cc(Br)c(O)c(Br)c3)no2)CC1. The lowest BCUT2D eigenvalue weighted by Crippen LogP contribution is -2.49. The largest absolute Gasteiger partial charge is 0.506 e. The van der Waals surface area contributed by atoms with Gasteiger partial charge >= 0.3 is 11.8 Å². The van der Waals surface area contributed by atoms with Crippen molar-refractivity contribution in [3.8, 4) is 22.9 Å². The van der Waals surface area contributed by atoms with Crippen LogP contribution in [-0.4, -0.2) is 59.3 Å². The van der Waals surface area contributed by atoms with Crippen LogP contribution in [0.5, 0.6) is 11.5 Å². The molecule has 2 aromatic carbocycles. The standard InChI is InChI=1S/C20H18Br2N4O4/c1-29-16-5-3-2-4-15(16)25-6-8-26(9-7-25)20(28)19-23-18(24-30-19)12-10-13(21)17(27)14(22)11-12/h2-5,10-11,27H,6-9H2,1H3. The fourth-order valence-corrected chi connectivity index (χ4v) is 4.49. The highest BCUT2D eigenvalue weighted by Crippen LogP contribution is 2.36. The molecule has 0 unspecified atom stereocenters. The Hall–Kier alpha value is -2.59. The number of rotatable bonds is 4. The zero-order chi connectivity index (χ0) is 21.3. The van der Waals surface area contributed by atoms with Gasteiger partial charge in [-0.15, -0.1) is 0 Å². The number of amides is 1. The number of hydrogen-bond donors (Lipinski definition) is 1. The lowest BCUT2D eigenvalue weighted by molar-refractivity contribution is 0.0696. The summed E-state index contributed by atoms with van der Waals surface area (Å²) < 4.78 is 11.6. The zero-order valence-electron chi connectivity index (χ0n) is 16.0. The number of nitrogens with zero attached hydrogens (tertiary/aromatic N) is 4. The Labute approximate surface area is 189 Å². The maximum atomic E-state index is 12.8. The molecule has 1 aromatic heterocycles. The Bertz CT molecular complexity index is 1060. The molecule has 0 radical (unpaired) electrons. The highest BCUT2D eigenvalue weighted by atomic mass is 79.9. The van der Waals surface area contributed by atoms with Gasteiger partial charge < -0.3 is 24.2 Å². The lowest BCUT2D eigenvalue weighted by atomic mass is 10.2. The minimum Gasteiger partial charge on any atom is -0.506 e. The van der Waals surface area contributed by atoms with Crippen LogP contribution >= 0.6 is 31.9 Å². The number of para-hydroxylation sites is 2. The summed E-state index contributed by atoms with van der Waals surface area (Å²) in [6.45, 7) is 2.41. The number of methoxy groups -OCH3 is 1. The number of carbonyl (C=O) groups excluding carboxylic acids is 1. The second-order valence-corrected chi connectivity index (χ2v) is 8.37. The van der Waals surface area contributed by atoms with E-state index in [1.807, 2.05) is 24.3 Å². The number of aromatic nitrogens is 2. The van der Waals surface area contributed by atoms with E-state index in [2.05, 4.69) is 46.9 Å². The van der Waals surface area contributed by atoms with E-state index in [9.17, 15) is 9.90 Å². The lowest BCUT2D eigenvalue weighted by Gasteiger charge is -2.35. The molecule has 3 aromatic rings. The Morgan fingerprint density at radius 3 is 2.47 bits per heavy atom. The number of piperazine rings is 1. The molecule has 1 N–H and O–H groups in total. The highest BCUT2D eigenvalue weighted by molar-refractivity contribution is 9.11. The Morgan fingerprint density at radius 2 is 1.80 bits per heavy atom. The fourth-order valence-electron chi connectivity index (χ4n) is 3.30. The van der Waals surface area contributed by atoms with E-state index >= 15 is 0 Å². The molecule has 1 saturated heterocycles. The number of carbonyl (C=O) groups is 1. The number of hydrogen-bond acceptors (Lipinski definition) is 7. The molecule has 30 heavy (non-hydrogen) atoms. The maximum Gasteiger partial charge on any atom is 0.316 e. The van der Waals surface area contributed by atoms with E-state index in [1.165, 1.54) is 0 Å². The molecule has 1 fully saturated rings. The molecular formula is C20H18Br2N4O4. The van der Waals surface area contributed by atoms with Crippen LogP contribution in [0, 0.1) is 0 Å². The summed E-state index contributed by atoms with van der Waals surface area (Å²) in [6, 6.07) is 11.1. The van der Waals surface area contributed by atoms with Crippen LogP contribution in [0.4, 0.5) is 5.69 Å². The van der Waals surface area contributed by atoms with E-state index in [4.69, 9.17) is 9.26 Å². The summed E-state index contributed by atoms with van der Waals surface area (Å²) in [5, 5.41) is 13.8. The second-order valence-electron chi connectivity index (χ2n) is 6.66. The first kappa shape index (κ1) is 20.7. The van der Waals surface area contributed by atoms with Crippen LogP contribution in [0.15, 0.2) is 49.9 Å². The summed E-state index contributed by atoms with van der Waals surface area (Å²) >= 11 is 6.55. The number of aromatic hydroxyl groups is 1. The van der Waals surface area contributed by atoms with Gasteiger partial charge in [0, 0.05) is 31.7 Å². The fraction of sp³-hybridized carbons (Fsp3) is 0.250. The smallest absolute Gasteiger partial charge is 0.316 e. The van der Waals surface area contributed by atoms with Crippen molar-refractivity contribution >= 4 is 43.5 Å². The third-order valence-electron chi connectivity index (χ3n) is 4.88. The molecule has 0 saturated carbocycles. The van der Waals surface area contributed by atoms with Gasteiger partial charge in [0.25, 0.3) is 0 Å². The molecule has 1 aliphatic heterocycles. The highest BCUT2D eigenvalue weighted by Gasteiger charge is 2.27. The maximum absolute atomic E-state index is 12.8. The van der Waals surface area contributed by atoms with E-state index in [0.29, 0.717) is 40.7 Å². The van der Waals surface area contributed by atoms with Gasteiger partial charge in [-0.1, -0.05) is 17.3 Å². The van der Waals surface area contributed by atoms with Gasteiger partial charge in [0.05, 0.1) is 21.7 Å². The van der Waals surface area contributed by atoms with Crippen LogP contribution < -0.4 is 9.64 Å². The Morgan fingerprint density at radius 1 is 1.13 bits per heavy atom. The van der Waals surface area contributed by atoms with Crippen molar-refractivity contribution in [3.63, 3.8) is 0 Å². The molecule has 0 aliphatic carbocycles. The van der Waals surface area contributed by atoms with Gasteiger partial charge in [-0.25, -0.2) is 0 Å². The molecule has 1 aliphatic rings. The van der Waals surface area contributed by atoms with Crippen molar-refractivity contribution in [2.75, 3.05) is 38.2 Å². The quantitative estimate of drug-likeness (QED) is 0.539. The number of halogens is 2. The van der Waals surface area contributed by atoms with E-state index in [-0.39, 0.29) is 23.4 Å². The van der Waals surface area contributed by atoms with Gasteiger partial charge in [-0.3, -0.25) is 4.79 Å².